The first-order chi connectivity index (χ1) is 27.7. The van der Waals surface area contributed by atoms with Gasteiger partial charge in [-0.1, -0.05) is 68.4 Å². The molecule has 0 spiro atoms. The number of aromatic amines is 2. The molecule has 7 atom stereocenters. The number of ether oxygens (including phenoxy) is 1. The van der Waals surface area contributed by atoms with E-state index in [1.165, 1.54) is 7.11 Å². The maximum Gasteiger partial charge on any atom is 0.407 e. The van der Waals surface area contributed by atoms with E-state index < -0.39 is 18.2 Å². The average molecular weight is 771 g/mol. The van der Waals surface area contributed by atoms with Crippen LogP contribution in [0.5, 0.6) is 0 Å². The van der Waals surface area contributed by atoms with Crippen LogP contribution in [-0.4, -0.2) is 79.1 Å². The summed E-state index contributed by atoms with van der Waals surface area (Å²) < 4.78 is 4.76. The Bertz CT molecular complexity index is 2180. The minimum absolute atomic E-state index is 0.00152. The van der Waals surface area contributed by atoms with Gasteiger partial charge in [0.1, 0.15) is 17.7 Å². The highest BCUT2D eigenvalue weighted by Gasteiger charge is 2.52. The molecule has 3 aromatic heterocycles. The summed E-state index contributed by atoms with van der Waals surface area (Å²) in [5.74, 6) is 1.81. The number of amides is 3. The van der Waals surface area contributed by atoms with E-state index >= 15 is 0 Å². The number of aliphatic hydroxyl groups excluding tert-OH is 1. The summed E-state index contributed by atoms with van der Waals surface area (Å²) >= 11 is 0. The maximum atomic E-state index is 13.8. The van der Waals surface area contributed by atoms with Gasteiger partial charge in [0.2, 0.25) is 11.8 Å². The number of aliphatic hydroxyl groups is 1. The van der Waals surface area contributed by atoms with E-state index in [0.29, 0.717) is 18.4 Å². The van der Waals surface area contributed by atoms with Crippen LogP contribution in [0.15, 0.2) is 85.5 Å². The SMILES string of the molecule is COC(=O)NC(C(=O)N1CCC[C@H]1c1ncc(-c2ccc(-c3ccc(-c4cnc([C@@H]5[C@H]6CC[C@H](C6)[C@H]5C(=O)N[C@@H](CO)c5cccnc5)[nH]4)cc3)cc2)[nH]1)C(C)C. The number of aromatic nitrogens is 5. The molecule has 296 valence electrons. The second-order valence-corrected chi connectivity index (χ2v) is 16.0. The van der Waals surface area contributed by atoms with Crippen molar-refractivity contribution < 1.29 is 24.2 Å². The van der Waals surface area contributed by atoms with Gasteiger partial charge in [-0.2, -0.15) is 0 Å². The number of carbonyl (C=O) groups is 3. The quantitative estimate of drug-likeness (QED) is 0.0948. The molecule has 4 heterocycles. The van der Waals surface area contributed by atoms with Crippen LogP contribution in [0.4, 0.5) is 4.79 Å². The summed E-state index contributed by atoms with van der Waals surface area (Å²) in [5.41, 5.74) is 6.71. The van der Waals surface area contributed by atoms with Crippen molar-refractivity contribution >= 4 is 17.9 Å². The van der Waals surface area contributed by atoms with Gasteiger partial charge >= 0.3 is 6.09 Å². The molecule has 2 aromatic carbocycles. The van der Waals surface area contributed by atoms with Crippen molar-refractivity contribution in [3.8, 4) is 33.6 Å². The van der Waals surface area contributed by atoms with Gasteiger partial charge in [-0.3, -0.25) is 14.6 Å². The van der Waals surface area contributed by atoms with Crippen LogP contribution < -0.4 is 10.6 Å². The second kappa shape index (κ2) is 16.3. The van der Waals surface area contributed by atoms with Crippen LogP contribution in [0.25, 0.3) is 33.6 Å². The van der Waals surface area contributed by atoms with Crippen molar-refractivity contribution in [2.24, 2.45) is 23.7 Å². The third-order valence-corrected chi connectivity index (χ3v) is 12.3. The van der Waals surface area contributed by atoms with Crippen LogP contribution in [0.1, 0.15) is 81.2 Å². The Kier molecular flexibility index (Phi) is 10.9. The number of nitrogens with one attached hydrogen (secondary N) is 4. The zero-order valence-corrected chi connectivity index (χ0v) is 32.5. The first kappa shape index (κ1) is 38.1. The Morgan fingerprint density at radius 1 is 0.842 bits per heavy atom. The molecule has 57 heavy (non-hydrogen) atoms. The summed E-state index contributed by atoms with van der Waals surface area (Å²) in [4.78, 5) is 61.8. The number of nitrogens with zero attached hydrogens (tertiary/aromatic N) is 4. The number of hydrogen-bond acceptors (Lipinski definition) is 8. The minimum Gasteiger partial charge on any atom is -0.453 e. The molecule has 2 bridgehead atoms. The highest BCUT2D eigenvalue weighted by Crippen LogP contribution is 2.56. The molecule has 3 amide bonds. The summed E-state index contributed by atoms with van der Waals surface area (Å²) in [7, 11) is 1.29. The number of methoxy groups -OCH3 is 1. The van der Waals surface area contributed by atoms with Gasteiger partial charge < -0.3 is 35.3 Å². The molecule has 3 aliphatic rings. The first-order valence-electron chi connectivity index (χ1n) is 20.0. The van der Waals surface area contributed by atoms with Crippen LogP contribution in [-0.2, 0) is 14.3 Å². The lowest BCUT2D eigenvalue weighted by atomic mass is 9.78. The van der Waals surface area contributed by atoms with E-state index in [-0.39, 0.29) is 42.2 Å². The number of hydrogen-bond donors (Lipinski definition) is 5. The van der Waals surface area contributed by atoms with E-state index in [1.54, 1.807) is 12.4 Å². The molecule has 13 heteroatoms. The molecular weight excluding hydrogens is 721 g/mol. The topological polar surface area (TPSA) is 178 Å². The summed E-state index contributed by atoms with van der Waals surface area (Å²) in [5, 5.41) is 15.9. The molecule has 5 N–H and O–H groups in total. The smallest absolute Gasteiger partial charge is 0.407 e. The fraction of sp³-hybridized carbons (Fsp3) is 0.409. The number of carbonyl (C=O) groups excluding carboxylic acids is 3. The number of benzene rings is 2. The maximum absolute atomic E-state index is 13.8. The number of fused-ring (bicyclic) bond motifs is 2. The molecule has 0 radical (unpaired) electrons. The standard InChI is InChI=1S/C44H50N8O5/c1-25(2)39(51-44(56)57-3)43(55)52-19-5-7-36(52)40-46-22-33(48-40)28-12-8-26(9-13-28)27-10-14-29(15-11-27)34-23-47-41(49-34)37-30-16-17-31(20-30)38(37)42(54)50-35(24-53)32-6-4-18-45-21-32/h4,6,8-15,18,21-23,25,30-31,35-39,53H,5,7,16-17,19-20,24H2,1-3H3,(H,46,48)(H,47,49)(H,50,54)(H,51,56)/t30-,31+,35-,36-,37+,38+,39?/m0/s1. The van der Waals surface area contributed by atoms with Gasteiger partial charge in [0.25, 0.3) is 0 Å². The van der Waals surface area contributed by atoms with Crippen LogP contribution in [0.3, 0.4) is 0 Å². The third kappa shape index (κ3) is 7.68. The largest absolute Gasteiger partial charge is 0.453 e. The summed E-state index contributed by atoms with van der Waals surface area (Å²) in [6.45, 7) is 4.22. The summed E-state index contributed by atoms with van der Waals surface area (Å²) in [6, 6.07) is 19.0. The molecule has 5 aromatic rings. The van der Waals surface area contributed by atoms with Crippen molar-refractivity contribution in [1.82, 2.24) is 40.5 Å². The lowest BCUT2D eigenvalue weighted by Crippen LogP contribution is -2.51. The third-order valence-electron chi connectivity index (χ3n) is 12.3. The molecular formula is C44H50N8O5. The zero-order chi connectivity index (χ0) is 39.6. The number of rotatable bonds is 12. The first-order valence-corrected chi connectivity index (χ1v) is 20.0. The van der Waals surface area contributed by atoms with Crippen molar-refractivity contribution in [2.45, 2.75) is 70.0 Å². The van der Waals surface area contributed by atoms with Gasteiger partial charge in [-0.25, -0.2) is 14.8 Å². The van der Waals surface area contributed by atoms with Crippen LogP contribution in [0.2, 0.25) is 0 Å². The van der Waals surface area contributed by atoms with Crippen LogP contribution >= 0.6 is 0 Å². The number of imidazole rings is 2. The van der Waals surface area contributed by atoms with Crippen molar-refractivity contribution in [2.75, 3.05) is 20.3 Å². The van der Waals surface area contributed by atoms with Gasteiger partial charge in [-0.05, 0) is 83.7 Å². The normalized spacial score (nSPS) is 22.4. The van der Waals surface area contributed by atoms with Crippen molar-refractivity contribution in [3.63, 3.8) is 0 Å². The van der Waals surface area contributed by atoms with E-state index in [0.717, 1.165) is 83.0 Å². The number of likely N-dealkylation sites (tertiary alicyclic amines) is 1. The van der Waals surface area contributed by atoms with Gasteiger partial charge in [0.05, 0.1) is 55.5 Å². The Morgan fingerprint density at radius 2 is 1.47 bits per heavy atom. The molecule has 1 aliphatic heterocycles. The highest BCUT2D eigenvalue weighted by atomic mass is 16.5. The zero-order valence-electron chi connectivity index (χ0n) is 32.5. The predicted octanol–water partition coefficient (Wildman–Crippen LogP) is 6.55. The van der Waals surface area contributed by atoms with Crippen LogP contribution in [0, 0.1) is 23.7 Å². The molecule has 1 saturated heterocycles. The van der Waals surface area contributed by atoms with Gasteiger partial charge in [-0.15, -0.1) is 0 Å². The second-order valence-electron chi connectivity index (χ2n) is 16.0. The predicted molar refractivity (Wildman–Crippen MR) is 214 cm³/mol. The van der Waals surface area contributed by atoms with E-state index in [2.05, 4.69) is 79.1 Å². The lowest BCUT2D eigenvalue weighted by Gasteiger charge is -2.30. The van der Waals surface area contributed by atoms with Gasteiger partial charge in [0, 0.05) is 24.9 Å². The minimum atomic E-state index is -0.684. The number of alkyl carbamates (subject to hydrolysis) is 1. The van der Waals surface area contributed by atoms with Gasteiger partial charge in [0.15, 0.2) is 0 Å². The molecule has 1 unspecified atom stereocenters. The highest BCUT2D eigenvalue weighted by molar-refractivity contribution is 5.86. The Hall–Kier alpha value is -5.82. The molecule has 2 aliphatic carbocycles. The molecule has 3 fully saturated rings. The van der Waals surface area contributed by atoms with Crippen molar-refractivity contribution in [1.29, 1.82) is 0 Å². The summed E-state index contributed by atoms with van der Waals surface area (Å²) in [6.07, 6.45) is 11.2. The van der Waals surface area contributed by atoms with E-state index in [4.69, 9.17) is 9.72 Å². The monoisotopic (exact) mass is 770 g/mol. The van der Waals surface area contributed by atoms with E-state index in [1.807, 2.05) is 43.3 Å². The van der Waals surface area contributed by atoms with E-state index in [9.17, 15) is 19.5 Å². The number of pyridine rings is 1. The Labute approximate surface area is 332 Å². The Balaban J connectivity index is 0.925. The average Bonchev–Trinajstić information content (AvgIpc) is 4.10. The lowest BCUT2D eigenvalue weighted by molar-refractivity contribution is -0.135. The molecule has 2 saturated carbocycles. The fourth-order valence-electron chi connectivity index (χ4n) is 9.33. The molecule has 13 nitrogen and oxygen atoms in total. The Morgan fingerprint density at radius 3 is 2.09 bits per heavy atom. The number of H-pyrrole nitrogens is 2. The van der Waals surface area contributed by atoms with Crippen molar-refractivity contribution in [3.05, 3.63) is 103 Å². The molecule has 8 rings (SSSR count). The fourth-order valence-corrected chi connectivity index (χ4v) is 9.33.